The zero-order chi connectivity index (χ0) is 19.6. The molecule has 144 valence electrons. The zero-order valence-electron chi connectivity index (χ0n) is 15.4. The Bertz CT molecular complexity index is 552. The predicted molar refractivity (Wildman–Crippen MR) is 92.0 cm³/mol. The standard InChI is InChI=1S/C17H26F3NO3S/c1-10-7-8-12(11(2)15(10)17(18,19)20)13(9-14(22)24-6)21-25(23)16(3,4)5/h7-8,11-13,21H,9H2,1-6H3/t11?,12?,13-,25+/m0/s1. The van der Waals surface area contributed by atoms with Crippen molar-refractivity contribution in [3.8, 4) is 0 Å². The Balaban J connectivity index is 3.14. The van der Waals surface area contributed by atoms with Crippen LogP contribution in [0.3, 0.4) is 0 Å². The Hall–Kier alpha value is -0.990. The largest absolute Gasteiger partial charge is 0.598 e. The smallest absolute Gasteiger partial charge is 0.413 e. The van der Waals surface area contributed by atoms with E-state index in [0.717, 1.165) is 0 Å². The first-order valence-corrected chi connectivity index (χ1v) is 9.15. The summed E-state index contributed by atoms with van der Waals surface area (Å²) < 4.78 is 59.5. The van der Waals surface area contributed by atoms with E-state index >= 15 is 0 Å². The molecule has 2 unspecified atom stereocenters. The van der Waals surface area contributed by atoms with Crippen LogP contribution in [0.5, 0.6) is 0 Å². The molecule has 0 aromatic rings. The van der Waals surface area contributed by atoms with Crippen LogP contribution in [0.25, 0.3) is 0 Å². The Morgan fingerprint density at radius 2 is 1.96 bits per heavy atom. The second-order valence-electron chi connectivity index (χ2n) is 7.21. The molecular weight excluding hydrogens is 355 g/mol. The van der Waals surface area contributed by atoms with E-state index in [1.165, 1.54) is 27.0 Å². The molecule has 1 aliphatic rings. The van der Waals surface area contributed by atoms with Gasteiger partial charge in [0.05, 0.1) is 19.6 Å². The first-order valence-electron chi connectivity index (χ1n) is 8.00. The van der Waals surface area contributed by atoms with E-state index in [1.54, 1.807) is 26.8 Å². The summed E-state index contributed by atoms with van der Waals surface area (Å²) in [7, 11) is 1.21. The fraction of sp³-hybridized carbons (Fsp3) is 0.706. The highest BCUT2D eigenvalue weighted by Crippen LogP contribution is 2.42. The summed E-state index contributed by atoms with van der Waals surface area (Å²) in [6.45, 7) is 8.14. The molecule has 0 spiro atoms. The molecule has 0 aromatic carbocycles. The molecule has 1 N–H and O–H groups in total. The number of rotatable bonds is 5. The van der Waals surface area contributed by atoms with Crippen LogP contribution in [-0.2, 0) is 20.9 Å². The summed E-state index contributed by atoms with van der Waals surface area (Å²) in [5, 5.41) is 0. The molecule has 25 heavy (non-hydrogen) atoms. The molecule has 0 bridgehead atoms. The monoisotopic (exact) mass is 381 g/mol. The van der Waals surface area contributed by atoms with Gasteiger partial charge in [0, 0.05) is 22.9 Å². The molecule has 0 heterocycles. The Labute approximate surface area is 150 Å². The van der Waals surface area contributed by atoms with Gasteiger partial charge in [0.15, 0.2) is 0 Å². The molecule has 0 aromatic heterocycles. The Kier molecular flexibility index (Phi) is 7.18. The minimum absolute atomic E-state index is 0.157. The van der Waals surface area contributed by atoms with Gasteiger partial charge in [-0.25, -0.2) is 0 Å². The first-order chi connectivity index (χ1) is 11.3. The Morgan fingerprint density at radius 3 is 2.40 bits per heavy atom. The summed E-state index contributed by atoms with van der Waals surface area (Å²) in [6, 6.07) is -0.732. The summed E-state index contributed by atoms with van der Waals surface area (Å²) >= 11 is -1.53. The van der Waals surface area contributed by atoms with Crippen LogP contribution in [-0.4, -0.2) is 34.6 Å². The SMILES string of the molecule is COC(=O)C[C@H](N[S@+]([O-])C(C)(C)C)C1C=CC(C)=C(C(F)(F)F)C1C. The fourth-order valence-electron chi connectivity index (χ4n) is 2.86. The normalized spacial score (nSPS) is 24.2. The average Bonchev–Trinajstić information content (AvgIpc) is 2.44. The average molecular weight is 381 g/mol. The summed E-state index contributed by atoms with van der Waals surface area (Å²) in [5.41, 5.74) is -0.455. The highest BCUT2D eigenvalue weighted by atomic mass is 32.2. The quantitative estimate of drug-likeness (QED) is 0.583. The molecule has 8 heteroatoms. The number of hydrogen-bond donors (Lipinski definition) is 1. The lowest BCUT2D eigenvalue weighted by Crippen LogP contribution is -2.50. The molecule has 0 saturated heterocycles. The number of alkyl halides is 3. The van der Waals surface area contributed by atoms with Gasteiger partial charge in [0.1, 0.15) is 4.75 Å². The third kappa shape index (κ3) is 5.76. The topological polar surface area (TPSA) is 61.4 Å². The van der Waals surface area contributed by atoms with Gasteiger partial charge in [-0.2, -0.15) is 13.2 Å². The van der Waals surface area contributed by atoms with Crippen molar-refractivity contribution in [2.24, 2.45) is 11.8 Å². The lowest BCUT2D eigenvalue weighted by molar-refractivity contribution is -0.141. The van der Waals surface area contributed by atoms with Crippen LogP contribution in [0, 0.1) is 11.8 Å². The predicted octanol–water partition coefficient (Wildman–Crippen LogP) is 3.67. The van der Waals surface area contributed by atoms with E-state index in [9.17, 15) is 22.5 Å². The molecule has 0 radical (unpaired) electrons. The van der Waals surface area contributed by atoms with Gasteiger partial charge in [-0.15, -0.1) is 4.72 Å². The molecule has 0 saturated carbocycles. The number of nitrogens with one attached hydrogen (secondary N) is 1. The molecule has 4 nitrogen and oxygen atoms in total. The van der Waals surface area contributed by atoms with Gasteiger partial charge < -0.3 is 9.29 Å². The number of allylic oxidation sites excluding steroid dienone is 3. The molecule has 0 amide bonds. The maximum atomic E-state index is 13.4. The molecular formula is C17H26F3NO3S. The summed E-state index contributed by atoms with van der Waals surface area (Å²) in [4.78, 5) is 11.7. The molecule has 0 fully saturated rings. The van der Waals surface area contributed by atoms with Crippen molar-refractivity contribution >= 4 is 17.3 Å². The van der Waals surface area contributed by atoms with Crippen LogP contribution < -0.4 is 4.72 Å². The Morgan fingerprint density at radius 1 is 1.40 bits per heavy atom. The van der Waals surface area contributed by atoms with Crippen molar-refractivity contribution in [3.63, 3.8) is 0 Å². The number of methoxy groups -OCH3 is 1. The van der Waals surface area contributed by atoms with Crippen LogP contribution in [0.2, 0.25) is 0 Å². The van der Waals surface area contributed by atoms with Gasteiger partial charge in [-0.3, -0.25) is 4.79 Å². The van der Waals surface area contributed by atoms with E-state index < -0.39 is 51.7 Å². The van der Waals surface area contributed by atoms with Crippen LogP contribution in [0.4, 0.5) is 13.2 Å². The minimum atomic E-state index is -4.45. The first kappa shape index (κ1) is 22.1. The summed E-state index contributed by atoms with van der Waals surface area (Å²) in [5.74, 6) is -2.07. The van der Waals surface area contributed by atoms with Crippen molar-refractivity contribution in [1.29, 1.82) is 0 Å². The van der Waals surface area contributed by atoms with Crippen LogP contribution >= 0.6 is 0 Å². The number of carbonyl (C=O) groups is 1. The van der Waals surface area contributed by atoms with E-state index in [-0.39, 0.29) is 12.0 Å². The van der Waals surface area contributed by atoms with Gasteiger partial charge >= 0.3 is 12.1 Å². The van der Waals surface area contributed by atoms with Crippen LogP contribution in [0.1, 0.15) is 41.0 Å². The maximum Gasteiger partial charge on any atom is 0.413 e. The molecule has 1 aliphatic carbocycles. The van der Waals surface area contributed by atoms with Crippen molar-refractivity contribution in [2.45, 2.75) is 58.0 Å². The number of carbonyl (C=O) groups excluding carboxylic acids is 1. The minimum Gasteiger partial charge on any atom is -0.598 e. The van der Waals surface area contributed by atoms with Gasteiger partial charge in [0.25, 0.3) is 0 Å². The zero-order valence-corrected chi connectivity index (χ0v) is 16.2. The third-order valence-corrected chi connectivity index (χ3v) is 5.85. The van der Waals surface area contributed by atoms with Crippen molar-refractivity contribution in [2.75, 3.05) is 7.11 Å². The van der Waals surface area contributed by atoms with E-state index in [4.69, 9.17) is 0 Å². The number of hydrogen-bond acceptors (Lipinski definition) is 4. The van der Waals surface area contributed by atoms with E-state index in [2.05, 4.69) is 9.46 Å². The van der Waals surface area contributed by atoms with E-state index in [0.29, 0.717) is 0 Å². The van der Waals surface area contributed by atoms with Crippen molar-refractivity contribution in [3.05, 3.63) is 23.3 Å². The van der Waals surface area contributed by atoms with Crippen LogP contribution in [0.15, 0.2) is 23.3 Å². The molecule has 0 aliphatic heterocycles. The van der Waals surface area contributed by atoms with Gasteiger partial charge in [0.2, 0.25) is 0 Å². The number of halogens is 3. The molecule has 4 atom stereocenters. The lowest BCUT2D eigenvalue weighted by Gasteiger charge is -2.36. The van der Waals surface area contributed by atoms with Crippen molar-refractivity contribution in [1.82, 2.24) is 4.72 Å². The van der Waals surface area contributed by atoms with Gasteiger partial charge in [-0.05, 0) is 39.2 Å². The second kappa shape index (κ2) is 8.14. The third-order valence-electron chi connectivity index (χ3n) is 4.22. The number of esters is 1. The fourth-order valence-corrected chi connectivity index (χ4v) is 3.73. The van der Waals surface area contributed by atoms with Crippen molar-refractivity contribution < 1.29 is 27.3 Å². The highest BCUT2D eigenvalue weighted by molar-refractivity contribution is 7.90. The lowest BCUT2D eigenvalue weighted by atomic mass is 9.76. The van der Waals surface area contributed by atoms with Gasteiger partial charge in [-0.1, -0.05) is 19.1 Å². The number of ether oxygens (including phenoxy) is 1. The van der Waals surface area contributed by atoms with E-state index in [1.807, 2.05) is 0 Å². The maximum absolute atomic E-state index is 13.4. The highest BCUT2D eigenvalue weighted by Gasteiger charge is 2.45. The second-order valence-corrected chi connectivity index (χ2v) is 9.20. The summed E-state index contributed by atoms with van der Waals surface area (Å²) in [6.07, 6.45) is -1.55. The molecule has 1 rings (SSSR count).